The van der Waals surface area contributed by atoms with Crippen molar-refractivity contribution in [1.82, 2.24) is 9.88 Å². The number of aromatic nitrogens is 1. The lowest BCUT2D eigenvalue weighted by atomic mass is 9.94. The Balaban J connectivity index is 0.00000216. The molecule has 2 amide bonds. The first kappa shape index (κ1) is 18.3. The van der Waals surface area contributed by atoms with Crippen molar-refractivity contribution in [3.8, 4) is 11.5 Å². The highest BCUT2D eigenvalue weighted by molar-refractivity contribution is 6.03. The maximum absolute atomic E-state index is 13.2. The number of carbonyl (C=O) groups is 2. The van der Waals surface area contributed by atoms with Gasteiger partial charge in [-0.3, -0.25) is 9.59 Å². The summed E-state index contributed by atoms with van der Waals surface area (Å²) in [5, 5.41) is 3.99. The molecule has 6 rings (SSSR count). The number of carbonyl (C=O) groups excluding carboxylic acids is 2. The van der Waals surface area contributed by atoms with Gasteiger partial charge in [0.1, 0.15) is 5.69 Å². The SMILES string of the molecule is O=C(c1cc2cc(NC(=O)C3(c4ccc5c(c4)OCO5)CC3)ccc2[nH]1)N1CCCC1.[HH]. The van der Waals surface area contributed by atoms with Crippen LogP contribution in [0.3, 0.4) is 0 Å². The molecular weight excluding hydrogens is 394 g/mol. The van der Waals surface area contributed by atoms with E-state index in [2.05, 4.69) is 10.3 Å². The second kappa shape index (κ2) is 6.77. The third kappa shape index (κ3) is 3.03. The van der Waals surface area contributed by atoms with Crippen LogP contribution in [0.25, 0.3) is 10.9 Å². The van der Waals surface area contributed by atoms with Crippen molar-refractivity contribution in [2.24, 2.45) is 0 Å². The number of nitrogens with zero attached hydrogens (tertiary/aromatic N) is 1. The Hall–Kier alpha value is -3.48. The van der Waals surface area contributed by atoms with Crippen LogP contribution >= 0.6 is 0 Å². The lowest BCUT2D eigenvalue weighted by Crippen LogP contribution is -2.27. The third-order valence-electron chi connectivity index (χ3n) is 6.61. The summed E-state index contributed by atoms with van der Waals surface area (Å²) in [5.74, 6) is 1.44. The fraction of sp³-hybridized carbons (Fsp3) is 0.333. The van der Waals surface area contributed by atoms with Crippen LogP contribution in [0.1, 0.15) is 43.2 Å². The molecule has 2 aromatic carbocycles. The van der Waals surface area contributed by atoms with Crippen molar-refractivity contribution >= 4 is 28.4 Å². The van der Waals surface area contributed by atoms with Crippen molar-refractivity contribution < 1.29 is 20.5 Å². The summed E-state index contributed by atoms with van der Waals surface area (Å²) < 4.78 is 10.9. The van der Waals surface area contributed by atoms with E-state index in [4.69, 9.17) is 9.47 Å². The van der Waals surface area contributed by atoms with Crippen molar-refractivity contribution in [3.05, 3.63) is 53.7 Å². The first-order valence-electron chi connectivity index (χ1n) is 10.8. The van der Waals surface area contributed by atoms with Crippen LogP contribution in [0.15, 0.2) is 42.5 Å². The zero-order valence-corrected chi connectivity index (χ0v) is 17.1. The van der Waals surface area contributed by atoms with E-state index in [9.17, 15) is 9.59 Å². The maximum atomic E-state index is 13.2. The number of anilines is 1. The van der Waals surface area contributed by atoms with Gasteiger partial charge in [0.2, 0.25) is 12.7 Å². The summed E-state index contributed by atoms with van der Waals surface area (Å²) in [6.07, 6.45) is 3.74. The van der Waals surface area contributed by atoms with Crippen molar-refractivity contribution in [1.29, 1.82) is 0 Å². The molecule has 2 fully saturated rings. The quantitative estimate of drug-likeness (QED) is 0.668. The first-order chi connectivity index (χ1) is 15.1. The molecule has 0 spiro atoms. The van der Waals surface area contributed by atoms with Gasteiger partial charge in [0.15, 0.2) is 11.5 Å². The normalized spacial score (nSPS) is 18.4. The number of aromatic amines is 1. The summed E-state index contributed by atoms with van der Waals surface area (Å²) in [5.41, 5.74) is 2.64. The van der Waals surface area contributed by atoms with E-state index >= 15 is 0 Å². The second-order valence-corrected chi connectivity index (χ2v) is 8.59. The molecule has 1 saturated carbocycles. The summed E-state index contributed by atoms with van der Waals surface area (Å²) in [6.45, 7) is 1.85. The highest BCUT2D eigenvalue weighted by Gasteiger charge is 2.51. The first-order valence-corrected chi connectivity index (χ1v) is 10.8. The maximum Gasteiger partial charge on any atom is 0.270 e. The van der Waals surface area contributed by atoms with Crippen LogP contribution in [0, 0.1) is 0 Å². The summed E-state index contributed by atoms with van der Waals surface area (Å²) >= 11 is 0. The summed E-state index contributed by atoms with van der Waals surface area (Å²) in [7, 11) is 0. The number of rotatable bonds is 4. The Morgan fingerprint density at radius 2 is 1.81 bits per heavy atom. The predicted molar refractivity (Wildman–Crippen MR) is 118 cm³/mol. The van der Waals surface area contributed by atoms with E-state index in [0.717, 1.165) is 66.7 Å². The smallest absolute Gasteiger partial charge is 0.270 e. The van der Waals surface area contributed by atoms with Crippen LogP contribution in [-0.4, -0.2) is 41.6 Å². The van der Waals surface area contributed by atoms with Gasteiger partial charge in [-0.2, -0.15) is 0 Å². The van der Waals surface area contributed by atoms with Gasteiger partial charge in [0.25, 0.3) is 5.91 Å². The van der Waals surface area contributed by atoms with Crippen LogP contribution in [0.4, 0.5) is 5.69 Å². The van der Waals surface area contributed by atoms with Crippen LogP contribution in [0.5, 0.6) is 11.5 Å². The molecule has 31 heavy (non-hydrogen) atoms. The van der Waals surface area contributed by atoms with Gasteiger partial charge in [-0.25, -0.2) is 0 Å². The Kier molecular flexibility index (Phi) is 4.00. The molecule has 0 radical (unpaired) electrons. The molecule has 2 aliphatic heterocycles. The third-order valence-corrected chi connectivity index (χ3v) is 6.61. The second-order valence-electron chi connectivity index (χ2n) is 8.59. The van der Waals surface area contributed by atoms with Crippen molar-refractivity contribution in [3.63, 3.8) is 0 Å². The van der Waals surface area contributed by atoms with E-state index in [1.54, 1.807) is 0 Å². The van der Waals surface area contributed by atoms with Gasteiger partial charge in [-0.05, 0) is 67.6 Å². The minimum atomic E-state index is -0.523. The summed E-state index contributed by atoms with van der Waals surface area (Å²) in [4.78, 5) is 30.9. The number of amides is 2. The molecule has 1 saturated heterocycles. The number of hydrogen-bond acceptors (Lipinski definition) is 4. The van der Waals surface area contributed by atoms with E-state index in [-0.39, 0.29) is 20.0 Å². The Morgan fingerprint density at radius 1 is 1.00 bits per heavy atom. The fourth-order valence-electron chi connectivity index (χ4n) is 4.63. The molecule has 3 heterocycles. The topological polar surface area (TPSA) is 83.7 Å². The number of benzene rings is 2. The van der Waals surface area contributed by atoms with Gasteiger partial charge in [0.05, 0.1) is 5.41 Å². The van der Waals surface area contributed by atoms with Crippen LogP contribution in [-0.2, 0) is 10.2 Å². The summed E-state index contributed by atoms with van der Waals surface area (Å²) in [6, 6.07) is 13.3. The van der Waals surface area contributed by atoms with E-state index < -0.39 is 5.41 Å². The van der Waals surface area contributed by atoms with Gasteiger partial charge in [0, 0.05) is 31.1 Å². The molecule has 3 aromatic rings. The number of H-pyrrole nitrogens is 1. The number of ether oxygens (including phenoxy) is 2. The minimum absolute atomic E-state index is 0. The average molecular weight is 419 g/mol. The monoisotopic (exact) mass is 419 g/mol. The highest BCUT2D eigenvalue weighted by Crippen LogP contribution is 2.51. The zero-order chi connectivity index (χ0) is 21.0. The number of hydrogen-bond donors (Lipinski definition) is 2. The molecule has 2 N–H and O–H groups in total. The number of nitrogens with one attached hydrogen (secondary N) is 2. The van der Waals surface area contributed by atoms with Crippen LogP contribution < -0.4 is 14.8 Å². The molecule has 7 nitrogen and oxygen atoms in total. The lowest BCUT2D eigenvalue weighted by Gasteiger charge is -2.16. The molecule has 1 aromatic heterocycles. The van der Waals surface area contributed by atoms with Gasteiger partial charge >= 0.3 is 0 Å². The zero-order valence-electron chi connectivity index (χ0n) is 17.1. The van der Waals surface area contributed by atoms with Gasteiger partial charge < -0.3 is 24.7 Å². The van der Waals surface area contributed by atoms with Gasteiger partial charge in [-0.15, -0.1) is 0 Å². The molecule has 1 aliphatic carbocycles. The number of likely N-dealkylation sites (tertiary alicyclic amines) is 1. The Morgan fingerprint density at radius 3 is 2.61 bits per heavy atom. The van der Waals surface area contributed by atoms with Crippen molar-refractivity contribution in [2.75, 3.05) is 25.2 Å². The Bertz CT molecular complexity index is 1210. The van der Waals surface area contributed by atoms with Gasteiger partial charge in [-0.1, -0.05) is 6.07 Å². The van der Waals surface area contributed by atoms with E-state index in [1.165, 1.54) is 0 Å². The Labute approximate surface area is 180 Å². The highest BCUT2D eigenvalue weighted by atomic mass is 16.7. The molecule has 0 bridgehead atoms. The molecular formula is C24H25N3O4. The van der Waals surface area contributed by atoms with E-state index in [0.29, 0.717) is 11.4 Å². The molecule has 0 atom stereocenters. The minimum Gasteiger partial charge on any atom is -0.454 e. The molecule has 0 unspecified atom stereocenters. The molecule has 7 heteroatoms. The van der Waals surface area contributed by atoms with Crippen LogP contribution in [0.2, 0.25) is 0 Å². The number of fused-ring (bicyclic) bond motifs is 2. The molecule has 3 aliphatic rings. The molecule has 160 valence electrons. The van der Waals surface area contributed by atoms with Crippen molar-refractivity contribution in [2.45, 2.75) is 31.1 Å². The lowest BCUT2D eigenvalue weighted by molar-refractivity contribution is -0.118. The predicted octanol–water partition coefficient (Wildman–Crippen LogP) is 4.05. The average Bonchev–Trinajstić information content (AvgIpc) is 3.17. The standard InChI is InChI=1S/C24H23N3O4.H2/c28-22(27-9-1-2-10-27)19-12-15-11-17(4-5-18(15)26-19)25-23(29)24(7-8-24)16-3-6-20-21(13-16)31-14-30-20;/h3-6,11-13,26H,1-2,7-10,14H2,(H,25,29);1H. The van der Waals surface area contributed by atoms with E-state index in [1.807, 2.05) is 47.4 Å². The largest absolute Gasteiger partial charge is 0.454 e. The fourth-order valence-corrected chi connectivity index (χ4v) is 4.63.